The minimum absolute atomic E-state index is 0.343. The molecule has 0 spiro atoms. The van der Waals surface area contributed by atoms with Gasteiger partial charge in [-0.2, -0.15) is 13.2 Å². The fourth-order valence-electron chi connectivity index (χ4n) is 4.38. The smallest absolute Gasteiger partial charge is 0.416 e. The molecule has 1 saturated heterocycles. The van der Waals surface area contributed by atoms with Crippen LogP contribution in [0.25, 0.3) is 10.8 Å². The van der Waals surface area contributed by atoms with Gasteiger partial charge in [-0.05, 0) is 40.8 Å². The Morgan fingerprint density at radius 2 is 1.62 bits per heavy atom. The maximum atomic E-state index is 13.3. The number of fused-ring (bicyclic) bond motifs is 1. The lowest BCUT2D eigenvalue weighted by Crippen LogP contribution is -2.35. The van der Waals surface area contributed by atoms with E-state index in [2.05, 4.69) is 16.3 Å². The molecule has 5 rings (SSSR count). The molecule has 0 bridgehead atoms. The summed E-state index contributed by atoms with van der Waals surface area (Å²) >= 11 is 0. The quantitative estimate of drug-likeness (QED) is 0.396. The summed E-state index contributed by atoms with van der Waals surface area (Å²) in [4.78, 5) is 0. The molecule has 2 heterocycles. The highest BCUT2D eigenvalue weighted by molar-refractivity contribution is 5.83. The van der Waals surface area contributed by atoms with Crippen molar-refractivity contribution in [3.8, 4) is 0 Å². The van der Waals surface area contributed by atoms with Crippen LogP contribution < -0.4 is 0 Å². The number of nitrogens with zero attached hydrogens (tertiary/aromatic N) is 2. The Hall–Kier alpha value is -3.19. The molecule has 0 unspecified atom stereocenters. The van der Waals surface area contributed by atoms with Crippen molar-refractivity contribution in [1.82, 2.24) is 10.2 Å². The molecule has 4 nitrogen and oxygen atoms in total. The summed E-state index contributed by atoms with van der Waals surface area (Å²) in [6.07, 6.45) is -3.01. The predicted molar refractivity (Wildman–Crippen MR) is 113 cm³/mol. The largest absolute Gasteiger partial charge is 0.424 e. The highest BCUT2D eigenvalue weighted by Crippen LogP contribution is 2.42. The van der Waals surface area contributed by atoms with Gasteiger partial charge in [0.15, 0.2) is 0 Å². The Bertz CT molecular complexity index is 1240. The van der Waals surface area contributed by atoms with Gasteiger partial charge in [0, 0.05) is 13.2 Å². The van der Waals surface area contributed by atoms with Gasteiger partial charge in [0.25, 0.3) is 0 Å². The maximum absolute atomic E-state index is 13.3. The van der Waals surface area contributed by atoms with E-state index in [1.807, 2.05) is 36.4 Å². The first-order valence-electron chi connectivity index (χ1n) is 10.5. The first-order valence-corrected chi connectivity index (χ1v) is 10.5. The number of hydrogen-bond donors (Lipinski definition) is 0. The molecule has 0 atom stereocenters. The average molecular weight is 438 g/mol. The van der Waals surface area contributed by atoms with Crippen LogP contribution in [0.4, 0.5) is 13.2 Å². The first kappa shape index (κ1) is 20.7. The van der Waals surface area contributed by atoms with Crippen LogP contribution in [-0.4, -0.2) is 23.4 Å². The molecule has 4 aromatic rings. The van der Waals surface area contributed by atoms with E-state index >= 15 is 0 Å². The van der Waals surface area contributed by atoms with E-state index in [9.17, 15) is 13.2 Å². The van der Waals surface area contributed by atoms with Gasteiger partial charge in [-0.15, -0.1) is 10.2 Å². The number of rotatable bonds is 4. The Morgan fingerprint density at radius 3 is 2.41 bits per heavy atom. The molecule has 164 valence electrons. The number of aromatic nitrogens is 2. The van der Waals surface area contributed by atoms with Crippen LogP contribution in [0.3, 0.4) is 0 Å². The van der Waals surface area contributed by atoms with Gasteiger partial charge < -0.3 is 9.15 Å². The van der Waals surface area contributed by atoms with Crippen LogP contribution in [0.15, 0.2) is 71.1 Å². The lowest BCUT2D eigenvalue weighted by Gasteiger charge is -2.34. The van der Waals surface area contributed by atoms with Crippen molar-refractivity contribution in [3.63, 3.8) is 0 Å². The second kappa shape index (κ2) is 8.06. The third-order valence-electron chi connectivity index (χ3n) is 6.13. The molecule has 7 heteroatoms. The summed E-state index contributed by atoms with van der Waals surface area (Å²) in [7, 11) is 0. The zero-order valence-electron chi connectivity index (χ0n) is 17.2. The van der Waals surface area contributed by atoms with Crippen LogP contribution in [0.5, 0.6) is 0 Å². The summed E-state index contributed by atoms with van der Waals surface area (Å²) in [5.74, 6) is 0.782. The summed E-state index contributed by atoms with van der Waals surface area (Å²) in [6.45, 7) is 0.831. The van der Waals surface area contributed by atoms with Crippen molar-refractivity contribution >= 4 is 10.8 Å². The molecule has 0 aliphatic carbocycles. The molecular formula is C25H21F3N2O2. The minimum atomic E-state index is -4.42. The molecule has 0 N–H and O–H groups in total. The molecule has 1 aliphatic rings. The second-order valence-electron chi connectivity index (χ2n) is 8.13. The lowest BCUT2D eigenvalue weighted by molar-refractivity contribution is -0.137. The first-order chi connectivity index (χ1) is 15.4. The predicted octanol–water partition coefficient (Wildman–Crippen LogP) is 5.93. The second-order valence-corrected chi connectivity index (χ2v) is 8.13. The van der Waals surface area contributed by atoms with Gasteiger partial charge in [0.2, 0.25) is 11.8 Å². The van der Waals surface area contributed by atoms with Crippen molar-refractivity contribution in [1.29, 1.82) is 0 Å². The Kier molecular flexibility index (Phi) is 5.21. The summed E-state index contributed by atoms with van der Waals surface area (Å²) in [6, 6.07) is 19.6. The van der Waals surface area contributed by atoms with Gasteiger partial charge >= 0.3 is 6.18 Å². The van der Waals surface area contributed by atoms with Crippen LogP contribution in [0.2, 0.25) is 0 Å². The molecule has 0 amide bonds. The van der Waals surface area contributed by atoms with Gasteiger partial charge in [0.05, 0.1) is 17.4 Å². The number of hydrogen-bond acceptors (Lipinski definition) is 4. The third kappa shape index (κ3) is 3.88. The molecule has 32 heavy (non-hydrogen) atoms. The van der Waals surface area contributed by atoms with E-state index in [0.717, 1.165) is 22.4 Å². The number of benzene rings is 3. The topological polar surface area (TPSA) is 48.2 Å². The van der Waals surface area contributed by atoms with Gasteiger partial charge in [-0.3, -0.25) is 0 Å². The third-order valence-corrected chi connectivity index (χ3v) is 6.13. The van der Waals surface area contributed by atoms with E-state index in [1.54, 1.807) is 6.07 Å². The summed E-state index contributed by atoms with van der Waals surface area (Å²) in [5.41, 5.74) is 0.0704. The van der Waals surface area contributed by atoms with Crippen LogP contribution in [0.1, 0.15) is 41.3 Å². The van der Waals surface area contributed by atoms with Crippen molar-refractivity contribution < 1.29 is 22.3 Å². The lowest BCUT2D eigenvalue weighted by atomic mass is 9.73. The van der Waals surface area contributed by atoms with E-state index in [-0.39, 0.29) is 0 Å². The summed E-state index contributed by atoms with van der Waals surface area (Å²) in [5, 5.41) is 10.8. The monoisotopic (exact) mass is 438 g/mol. The standard InChI is InChI=1S/C25H21F3N2O2/c26-25(27,28)21-7-3-6-20(16-21)24(10-12-31-13-11-24)23-30-29-22(32-23)15-17-8-9-18-4-1-2-5-19(18)14-17/h1-9,14,16H,10-13,15H2. The van der Waals surface area contributed by atoms with E-state index < -0.39 is 17.2 Å². The Morgan fingerprint density at radius 1 is 0.844 bits per heavy atom. The summed E-state index contributed by atoms with van der Waals surface area (Å²) < 4.78 is 51.6. The van der Waals surface area contributed by atoms with Crippen molar-refractivity contribution in [2.24, 2.45) is 0 Å². The highest BCUT2D eigenvalue weighted by atomic mass is 19.4. The van der Waals surface area contributed by atoms with E-state index in [1.165, 1.54) is 12.1 Å². The van der Waals surface area contributed by atoms with Gasteiger partial charge in [0.1, 0.15) is 0 Å². The van der Waals surface area contributed by atoms with Crippen molar-refractivity contribution in [3.05, 3.63) is 95.2 Å². The SMILES string of the molecule is FC(F)(F)c1cccc(C2(c3nnc(Cc4ccc5ccccc5c4)o3)CCOCC2)c1. The zero-order chi connectivity index (χ0) is 22.2. The molecule has 1 fully saturated rings. The Labute approximate surface area is 183 Å². The highest BCUT2D eigenvalue weighted by Gasteiger charge is 2.42. The van der Waals surface area contributed by atoms with Gasteiger partial charge in [-0.25, -0.2) is 0 Å². The normalized spacial score (nSPS) is 16.3. The number of ether oxygens (including phenoxy) is 1. The molecule has 0 saturated carbocycles. The van der Waals surface area contributed by atoms with Gasteiger partial charge in [-0.1, -0.05) is 60.7 Å². The van der Waals surface area contributed by atoms with Crippen molar-refractivity contribution in [2.45, 2.75) is 30.9 Å². The molecular weight excluding hydrogens is 417 g/mol. The number of halogens is 3. The van der Waals surface area contributed by atoms with Crippen LogP contribution >= 0.6 is 0 Å². The molecule has 0 radical (unpaired) electrons. The molecule has 1 aromatic heterocycles. The molecule has 3 aromatic carbocycles. The van der Waals surface area contributed by atoms with E-state index in [0.29, 0.717) is 49.8 Å². The number of alkyl halides is 3. The fraction of sp³-hybridized carbons (Fsp3) is 0.280. The van der Waals surface area contributed by atoms with Crippen LogP contribution in [0, 0.1) is 0 Å². The average Bonchev–Trinajstić information content (AvgIpc) is 3.28. The molecule has 1 aliphatic heterocycles. The maximum Gasteiger partial charge on any atom is 0.416 e. The Balaban J connectivity index is 1.49. The minimum Gasteiger partial charge on any atom is -0.424 e. The van der Waals surface area contributed by atoms with E-state index in [4.69, 9.17) is 9.15 Å². The zero-order valence-corrected chi connectivity index (χ0v) is 17.2. The van der Waals surface area contributed by atoms with Crippen LogP contribution in [-0.2, 0) is 22.7 Å². The van der Waals surface area contributed by atoms with Crippen molar-refractivity contribution in [2.75, 3.05) is 13.2 Å². The fourth-order valence-corrected chi connectivity index (χ4v) is 4.38.